The van der Waals surface area contributed by atoms with Crippen LogP contribution in [-0.4, -0.2) is 28.8 Å². The van der Waals surface area contributed by atoms with Gasteiger partial charge in [-0.2, -0.15) is 0 Å². The third-order valence-corrected chi connectivity index (χ3v) is 3.82. The van der Waals surface area contributed by atoms with E-state index in [1.165, 1.54) is 5.56 Å². The zero-order chi connectivity index (χ0) is 15.2. The zero-order valence-corrected chi connectivity index (χ0v) is 12.9. The molecule has 2 rings (SSSR count). The average Bonchev–Trinajstić information content (AvgIpc) is 2.54. The second-order valence-electron chi connectivity index (χ2n) is 5.33. The highest BCUT2D eigenvalue weighted by Crippen LogP contribution is 2.12. The van der Waals surface area contributed by atoms with E-state index in [1.807, 2.05) is 61.3 Å². The number of ketones is 1. The van der Waals surface area contributed by atoms with Crippen molar-refractivity contribution in [3.63, 3.8) is 0 Å². The van der Waals surface area contributed by atoms with Gasteiger partial charge in [0.15, 0.2) is 5.78 Å². The number of hydrogen-bond donors (Lipinski definition) is 0. The van der Waals surface area contributed by atoms with Crippen molar-refractivity contribution in [3.8, 4) is 0 Å². The molecule has 0 saturated heterocycles. The molecule has 0 amide bonds. The van der Waals surface area contributed by atoms with E-state index in [2.05, 4.69) is 11.9 Å². The molecule has 1 heterocycles. The van der Waals surface area contributed by atoms with E-state index in [1.54, 1.807) is 6.20 Å². The molecular formula is C18H22N2O. The molecule has 0 N–H and O–H groups in total. The molecular weight excluding hydrogens is 260 g/mol. The van der Waals surface area contributed by atoms with Crippen LogP contribution in [0, 0.1) is 0 Å². The summed E-state index contributed by atoms with van der Waals surface area (Å²) in [5.41, 5.74) is 2.99. The third-order valence-electron chi connectivity index (χ3n) is 3.82. The number of aromatic nitrogens is 1. The lowest BCUT2D eigenvalue weighted by Crippen LogP contribution is -2.35. The summed E-state index contributed by atoms with van der Waals surface area (Å²) in [7, 11) is 1.96. The second kappa shape index (κ2) is 7.14. The van der Waals surface area contributed by atoms with Gasteiger partial charge in [-0.05, 0) is 38.1 Å². The van der Waals surface area contributed by atoms with Crippen LogP contribution >= 0.6 is 0 Å². The summed E-state index contributed by atoms with van der Waals surface area (Å²) in [6.45, 7) is 4.72. The Morgan fingerprint density at radius 1 is 1.19 bits per heavy atom. The molecule has 0 saturated carbocycles. The van der Waals surface area contributed by atoms with Crippen molar-refractivity contribution in [1.29, 1.82) is 0 Å². The molecule has 3 heteroatoms. The topological polar surface area (TPSA) is 33.2 Å². The fraction of sp³-hybridized carbons (Fsp3) is 0.333. The van der Waals surface area contributed by atoms with E-state index < -0.39 is 0 Å². The lowest BCUT2D eigenvalue weighted by atomic mass is 10.0. The van der Waals surface area contributed by atoms with E-state index >= 15 is 0 Å². The van der Waals surface area contributed by atoms with E-state index in [9.17, 15) is 4.79 Å². The van der Waals surface area contributed by atoms with Crippen molar-refractivity contribution in [2.24, 2.45) is 0 Å². The molecule has 110 valence electrons. The van der Waals surface area contributed by atoms with Gasteiger partial charge in [0.2, 0.25) is 0 Å². The molecule has 2 aromatic rings. The number of rotatable bonds is 6. The van der Waals surface area contributed by atoms with Gasteiger partial charge in [0, 0.05) is 18.3 Å². The summed E-state index contributed by atoms with van der Waals surface area (Å²) >= 11 is 0. The maximum atomic E-state index is 12.5. The van der Waals surface area contributed by atoms with Gasteiger partial charge < -0.3 is 0 Å². The summed E-state index contributed by atoms with van der Waals surface area (Å²) in [6.07, 6.45) is 2.77. The predicted octanol–water partition coefficient (Wildman–Crippen LogP) is 3.35. The van der Waals surface area contributed by atoms with Gasteiger partial charge in [0.25, 0.3) is 0 Å². The average molecular weight is 282 g/mol. The highest BCUT2D eigenvalue weighted by atomic mass is 16.1. The molecule has 0 aliphatic carbocycles. The number of aryl methyl sites for hydroxylation is 1. The lowest BCUT2D eigenvalue weighted by molar-refractivity contribution is 0.0861. The normalized spacial score (nSPS) is 12.4. The molecule has 1 aromatic carbocycles. The van der Waals surface area contributed by atoms with Crippen LogP contribution in [0.5, 0.6) is 0 Å². The van der Waals surface area contributed by atoms with Crippen LogP contribution < -0.4 is 0 Å². The summed E-state index contributed by atoms with van der Waals surface area (Å²) in [5.74, 6) is 0.149. The Balaban J connectivity index is 2.03. The molecule has 1 atom stereocenters. The summed E-state index contributed by atoms with van der Waals surface area (Å²) in [6, 6.07) is 13.6. The number of Topliss-reactive ketones (excluding diaryl/α,β-unsaturated/α-hetero) is 1. The van der Waals surface area contributed by atoms with E-state index in [4.69, 9.17) is 0 Å². The lowest BCUT2D eigenvalue weighted by Gasteiger charge is -2.23. The van der Waals surface area contributed by atoms with Crippen LogP contribution in [0.1, 0.15) is 35.5 Å². The Morgan fingerprint density at radius 3 is 2.48 bits per heavy atom. The number of carbonyl (C=O) groups excluding carboxylic acids is 1. The Kier molecular flexibility index (Phi) is 5.23. The Bertz CT molecular complexity index is 578. The largest absolute Gasteiger partial charge is 0.292 e. The van der Waals surface area contributed by atoms with Crippen LogP contribution in [0.4, 0.5) is 0 Å². The smallest absolute Gasteiger partial charge is 0.179 e. The van der Waals surface area contributed by atoms with Gasteiger partial charge in [-0.25, -0.2) is 0 Å². The van der Waals surface area contributed by atoms with Gasteiger partial charge >= 0.3 is 0 Å². The van der Waals surface area contributed by atoms with E-state index in [0.717, 1.165) is 17.7 Å². The molecule has 0 aliphatic rings. The van der Waals surface area contributed by atoms with Crippen LogP contribution in [-0.2, 0) is 13.0 Å². The number of carbonyl (C=O) groups is 1. The van der Waals surface area contributed by atoms with Crippen LogP contribution in [0.15, 0.2) is 48.7 Å². The first-order chi connectivity index (χ1) is 10.1. The van der Waals surface area contributed by atoms with Crippen LogP contribution in [0.3, 0.4) is 0 Å². The third kappa shape index (κ3) is 3.99. The first-order valence-electron chi connectivity index (χ1n) is 7.35. The van der Waals surface area contributed by atoms with E-state index in [-0.39, 0.29) is 11.8 Å². The highest BCUT2D eigenvalue weighted by molar-refractivity contribution is 5.99. The SMILES string of the molecule is CCc1ccc(C(=O)C(C)N(C)Cc2ccccn2)cc1. The zero-order valence-electron chi connectivity index (χ0n) is 12.9. The number of hydrogen-bond acceptors (Lipinski definition) is 3. The Labute approximate surface area is 126 Å². The van der Waals surface area contributed by atoms with Gasteiger partial charge in [-0.1, -0.05) is 37.3 Å². The molecule has 0 fully saturated rings. The molecule has 0 bridgehead atoms. The number of benzene rings is 1. The van der Waals surface area contributed by atoms with Gasteiger partial charge in [0.05, 0.1) is 11.7 Å². The van der Waals surface area contributed by atoms with Crippen LogP contribution in [0.2, 0.25) is 0 Å². The fourth-order valence-corrected chi connectivity index (χ4v) is 2.23. The number of pyridine rings is 1. The summed E-state index contributed by atoms with van der Waals surface area (Å²) in [5, 5.41) is 0. The van der Waals surface area contributed by atoms with Crippen molar-refractivity contribution in [2.45, 2.75) is 32.9 Å². The van der Waals surface area contributed by atoms with Crippen molar-refractivity contribution in [3.05, 3.63) is 65.5 Å². The van der Waals surface area contributed by atoms with Gasteiger partial charge in [-0.3, -0.25) is 14.7 Å². The van der Waals surface area contributed by atoms with E-state index in [0.29, 0.717) is 6.54 Å². The first kappa shape index (κ1) is 15.4. The van der Waals surface area contributed by atoms with Crippen molar-refractivity contribution in [1.82, 2.24) is 9.88 Å². The maximum Gasteiger partial charge on any atom is 0.179 e. The summed E-state index contributed by atoms with van der Waals surface area (Å²) < 4.78 is 0. The van der Waals surface area contributed by atoms with Crippen LogP contribution in [0.25, 0.3) is 0 Å². The molecule has 1 aromatic heterocycles. The minimum absolute atomic E-state index is 0.149. The molecule has 21 heavy (non-hydrogen) atoms. The monoisotopic (exact) mass is 282 g/mol. The molecule has 3 nitrogen and oxygen atoms in total. The standard InChI is InChI=1S/C18H22N2O/c1-4-15-8-10-16(11-9-15)18(21)14(2)20(3)13-17-7-5-6-12-19-17/h5-12,14H,4,13H2,1-3H3. The minimum atomic E-state index is -0.167. The molecule has 0 spiro atoms. The number of nitrogens with zero attached hydrogens (tertiary/aromatic N) is 2. The summed E-state index contributed by atoms with van der Waals surface area (Å²) in [4.78, 5) is 18.8. The highest BCUT2D eigenvalue weighted by Gasteiger charge is 2.19. The fourth-order valence-electron chi connectivity index (χ4n) is 2.23. The van der Waals surface area contributed by atoms with Gasteiger partial charge in [-0.15, -0.1) is 0 Å². The Hall–Kier alpha value is -2.00. The van der Waals surface area contributed by atoms with Crippen molar-refractivity contribution < 1.29 is 4.79 Å². The second-order valence-corrected chi connectivity index (χ2v) is 5.33. The molecule has 1 unspecified atom stereocenters. The van der Waals surface area contributed by atoms with Crippen molar-refractivity contribution >= 4 is 5.78 Å². The quantitative estimate of drug-likeness (QED) is 0.762. The van der Waals surface area contributed by atoms with Gasteiger partial charge in [0.1, 0.15) is 0 Å². The molecule has 0 radical (unpaired) electrons. The minimum Gasteiger partial charge on any atom is -0.292 e. The Morgan fingerprint density at radius 2 is 1.90 bits per heavy atom. The maximum absolute atomic E-state index is 12.5. The molecule has 0 aliphatic heterocycles. The predicted molar refractivity (Wildman–Crippen MR) is 85.3 cm³/mol. The van der Waals surface area contributed by atoms with Crippen molar-refractivity contribution in [2.75, 3.05) is 7.05 Å². The first-order valence-corrected chi connectivity index (χ1v) is 7.35. The number of likely N-dealkylation sites (N-methyl/N-ethyl adjacent to an activating group) is 1.